The summed E-state index contributed by atoms with van der Waals surface area (Å²) >= 11 is 0. The Hall–Kier alpha value is -0.770. The molecule has 0 aromatic carbocycles. The van der Waals surface area contributed by atoms with Gasteiger partial charge in [0.25, 0.3) is 0 Å². The molecule has 0 saturated heterocycles. The van der Waals surface area contributed by atoms with Crippen LogP contribution in [-0.2, 0) is 0 Å². The molecule has 0 amide bonds. The Kier molecular flexibility index (Phi) is 3.24. The van der Waals surface area contributed by atoms with E-state index in [1.165, 1.54) is 6.42 Å². The third-order valence-electron chi connectivity index (χ3n) is 2.99. The second kappa shape index (κ2) is 4.64. The lowest BCUT2D eigenvalue weighted by molar-refractivity contribution is 0.102. The fourth-order valence-corrected chi connectivity index (χ4v) is 2.21. The Labute approximate surface area is 84.8 Å². The normalized spacial score (nSPS) is 32.2. The molecule has 2 atom stereocenters. The zero-order valence-electron chi connectivity index (χ0n) is 8.50. The van der Waals surface area contributed by atoms with Crippen molar-refractivity contribution in [1.29, 1.82) is 0 Å². The number of hydrogen-bond donors (Lipinski definition) is 3. The molecule has 0 aromatic heterocycles. The molecule has 2 aliphatic rings. The van der Waals surface area contributed by atoms with Crippen LogP contribution in [0.15, 0.2) is 4.99 Å². The second-order valence-corrected chi connectivity index (χ2v) is 4.22. The first-order valence-electron chi connectivity index (χ1n) is 5.55. The van der Waals surface area contributed by atoms with Gasteiger partial charge in [0.1, 0.15) is 0 Å². The molecule has 1 aliphatic carbocycles. The number of rotatable bonds is 2. The van der Waals surface area contributed by atoms with E-state index in [4.69, 9.17) is 0 Å². The predicted molar refractivity (Wildman–Crippen MR) is 56.3 cm³/mol. The minimum atomic E-state index is -0.0750. The third-order valence-corrected chi connectivity index (χ3v) is 2.99. The molecule has 0 aromatic rings. The quantitative estimate of drug-likeness (QED) is 0.588. The van der Waals surface area contributed by atoms with Crippen molar-refractivity contribution in [2.24, 2.45) is 10.9 Å². The molecule has 0 bridgehead atoms. The van der Waals surface area contributed by atoms with Crippen LogP contribution in [0.3, 0.4) is 0 Å². The van der Waals surface area contributed by atoms with Crippen molar-refractivity contribution in [3.05, 3.63) is 0 Å². The van der Waals surface area contributed by atoms with Crippen LogP contribution in [0.25, 0.3) is 0 Å². The van der Waals surface area contributed by atoms with Crippen LogP contribution in [0, 0.1) is 5.92 Å². The zero-order chi connectivity index (χ0) is 9.80. The summed E-state index contributed by atoms with van der Waals surface area (Å²) in [5, 5.41) is 16.0. The monoisotopic (exact) mass is 197 g/mol. The first-order valence-corrected chi connectivity index (χ1v) is 5.55. The molecule has 4 heteroatoms. The highest BCUT2D eigenvalue weighted by atomic mass is 16.3. The van der Waals surface area contributed by atoms with Crippen LogP contribution < -0.4 is 10.6 Å². The Balaban J connectivity index is 1.69. The second-order valence-electron chi connectivity index (χ2n) is 4.22. The Morgan fingerprint density at radius 1 is 1.50 bits per heavy atom. The lowest BCUT2D eigenvalue weighted by atomic mass is 9.87. The maximum atomic E-state index is 9.50. The highest BCUT2D eigenvalue weighted by Crippen LogP contribution is 2.23. The summed E-state index contributed by atoms with van der Waals surface area (Å²) in [7, 11) is 0. The van der Waals surface area contributed by atoms with Crippen LogP contribution in [-0.4, -0.2) is 36.8 Å². The first-order chi connectivity index (χ1) is 6.84. The molecule has 0 radical (unpaired) electrons. The average molecular weight is 197 g/mol. The highest BCUT2D eigenvalue weighted by molar-refractivity contribution is 5.81. The maximum Gasteiger partial charge on any atom is 0.191 e. The summed E-state index contributed by atoms with van der Waals surface area (Å²) < 4.78 is 0. The number of aliphatic hydroxyl groups is 1. The van der Waals surface area contributed by atoms with Crippen molar-refractivity contribution in [3.8, 4) is 0 Å². The molecular formula is C10H19N3O. The van der Waals surface area contributed by atoms with Crippen LogP contribution in [0.2, 0.25) is 0 Å². The van der Waals surface area contributed by atoms with Gasteiger partial charge in [-0.05, 0) is 25.2 Å². The van der Waals surface area contributed by atoms with Gasteiger partial charge in [-0.1, -0.05) is 6.42 Å². The molecule has 4 nitrogen and oxygen atoms in total. The van der Waals surface area contributed by atoms with Gasteiger partial charge in [-0.15, -0.1) is 0 Å². The SMILES string of the molecule is OC1CCCC(CNC2=NCCN2)C1. The summed E-state index contributed by atoms with van der Waals surface area (Å²) in [5.74, 6) is 1.55. The minimum Gasteiger partial charge on any atom is -0.393 e. The average Bonchev–Trinajstić information content (AvgIpc) is 2.67. The van der Waals surface area contributed by atoms with Crippen molar-refractivity contribution < 1.29 is 5.11 Å². The van der Waals surface area contributed by atoms with E-state index < -0.39 is 0 Å². The number of nitrogens with zero attached hydrogens (tertiary/aromatic N) is 1. The summed E-state index contributed by atoms with van der Waals surface area (Å²) in [6.07, 6.45) is 4.25. The van der Waals surface area contributed by atoms with E-state index in [1.807, 2.05) is 0 Å². The summed E-state index contributed by atoms with van der Waals surface area (Å²) in [6.45, 7) is 2.79. The van der Waals surface area contributed by atoms with Crippen molar-refractivity contribution in [1.82, 2.24) is 10.6 Å². The van der Waals surface area contributed by atoms with Crippen LogP contribution in [0.5, 0.6) is 0 Å². The van der Waals surface area contributed by atoms with E-state index in [0.29, 0.717) is 5.92 Å². The van der Waals surface area contributed by atoms with Crippen LogP contribution in [0.4, 0.5) is 0 Å². The van der Waals surface area contributed by atoms with Gasteiger partial charge in [0, 0.05) is 13.1 Å². The standard InChI is InChI=1S/C10H19N3O/c14-9-3-1-2-8(6-9)7-13-10-11-4-5-12-10/h8-9,14H,1-7H2,(H2,11,12,13). The summed E-state index contributed by atoms with van der Waals surface area (Å²) in [4.78, 5) is 4.27. The van der Waals surface area contributed by atoms with Crippen LogP contribution >= 0.6 is 0 Å². The van der Waals surface area contributed by atoms with Gasteiger partial charge in [-0.3, -0.25) is 4.99 Å². The predicted octanol–water partition coefficient (Wildman–Crippen LogP) is 0.0863. The Morgan fingerprint density at radius 2 is 2.43 bits per heavy atom. The molecule has 1 aliphatic heterocycles. The molecule has 2 rings (SSSR count). The molecule has 1 saturated carbocycles. The molecule has 0 spiro atoms. The van der Waals surface area contributed by atoms with Gasteiger partial charge in [-0.25, -0.2) is 0 Å². The van der Waals surface area contributed by atoms with E-state index in [0.717, 1.165) is 44.9 Å². The number of nitrogens with one attached hydrogen (secondary N) is 2. The van der Waals surface area contributed by atoms with E-state index in [-0.39, 0.29) is 6.10 Å². The number of aliphatic hydroxyl groups excluding tert-OH is 1. The number of aliphatic imine (C=N–C) groups is 1. The van der Waals surface area contributed by atoms with Crippen molar-refractivity contribution >= 4 is 5.96 Å². The van der Waals surface area contributed by atoms with Crippen LogP contribution in [0.1, 0.15) is 25.7 Å². The van der Waals surface area contributed by atoms with Gasteiger partial charge in [-0.2, -0.15) is 0 Å². The molecular weight excluding hydrogens is 178 g/mol. The van der Waals surface area contributed by atoms with Crippen molar-refractivity contribution in [2.75, 3.05) is 19.6 Å². The van der Waals surface area contributed by atoms with E-state index in [1.54, 1.807) is 0 Å². The summed E-state index contributed by atoms with van der Waals surface area (Å²) in [5.41, 5.74) is 0. The van der Waals surface area contributed by atoms with Gasteiger partial charge >= 0.3 is 0 Å². The fraction of sp³-hybridized carbons (Fsp3) is 0.900. The first kappa shape index (κ1) is 9.77. The topological polar surface area (TPSA) is 56.6 Å². The zero-order valence-corrected chi connectivity index (χ0v) is 8.50. The van der Waals surface area contributed by atoms with Crippen molar-refractivity contribution in [2.45, 2.75) is 31.8 Å². The molecule has 1 heterocycles. The van der Waals surface area contributed by atoms with E-state index in [9.17, 15) is 5.11 Å². The highest BCUT2D eigenvalue weighted by Gasteiger charge is 2.20. The molecule has 80 valence electrons. The Morgan fingerprint density at radius 3 is 3.14 bits per heavy atom. The number of hydrogen-bond acceptors (Lipinski definition) is 4. The van der Waals surface area contributed by atoms with Gasteiger partial charge in [0.05, 0.1) is 12.6 Å². The molecule has 14 heavy (non-hydrogen) atoms. The fourth-order valence-electron chi connectivity index (χ4n) is 2.21. The maximum absolute atomic E-state index is 9.50. The van der Waals surface area contributed by atoms with Gasteiger partial charge < -0.3 is 15.7 Å². The van der Waals surface area contributed by atoms with Crippen molar-refractivity contribution in [3.63, 3.8) is 0 Å². The van der Waals surface area contributed by atoms with E-state index >= 15 is 0 Å². The minimum absolute atomic E-state index is 0.0750. The third kappa shape index (κ3) is 2.61. The molecule has 1 fully saturated rings. The molecule has 2 unspecified atom stereocenters. The lowest BCUT2D eigenvalue weighted by Crippen LogP contribution is -2.38. The van der Waals surface area contributed by atoms with Gasteiger partial charge in [0.15, 0.2) is 5.96 Å². The molecule has 3 N–H and O–H groups in total. The smallest absolute Gasteiger partial charge is 0.191 e. The largest absolute Gasteiger partial charge is 0.393 e. The Bertz CT molecular complexity index is 217. The van der Waals surface area contributed by atoms with E-state index in [2.05, 4.69) is 15.6 Å². The van der Waals surface area contributed by atoms with Gasteiger partial charge in [0.2, 0.25) is 0 Å². The summed E-state index contributed by atoms with van der Waals surface area (Å²) in [6, 6.07) is 0. The number of guanidine groups is 1. The lowest BCUT2D eigenvalue weighted by Gasteiger charge is -2.26.